The minimum absolute atomic E-state index is 0. The van der Waals surface area contributed by atoms with Crippen LogP contribution in [0, 0.1) is 0 Å². The zero-order valence-corrected chi connectivity index (χ0v) is 22.3. The summed E-state index contributed by atoms with van der Waals surface area (Å²) in [5.41, 5.74) is 0. The molecule has 6 heteroatoms. The average Bonchev–Trinajstić information content (AvgIpc) is 2.65. The second-order valence-electron chi connectivity index (χ2n) is 8.43. The standard InChI is InChI=1S/C23H48O4S.Na/c1-2-3-4-17-20-23(28(25,26)27)21-18-15-13-11-9-7-5-6-8-10-12-14-16-19-22-24;/h23-24H,2-22H2,1H3,(H,25,26,27);/q;+1/p-1. The van der Waals surface area contributed by atoms with E-state index in [-0.39, 0.29) is 29.6 Å². The third-order valence-corrected chi connectivity index (χ3v) is 7.01. The summed E-state index contributed by atoms with van der Waals surface area (Å²) >= 11 is 0. The van der Waals surface area contributed by atoms with Crippen molar-refractivity contribution in [3.63, 3.8) is 0 Å². The average molecular weight is 443 g/mol. The molecule has 0 aliphatic heterocycles. The Hall–Kier alpha value is 0.870. The molecular weight excluding hydrogens is 395 g/mol. The van der Waals surface area contributed by atoms with E-state index in [1.54, 1.807) is 0 Å². The van der Waals surface area contributed by atoms with Crippen LogP contribution in [0.3, 0.4) is 0 Å². The van der Waals surface area contributed by atoms with Crippen LogP contribution < -0.4 is 29.6 Å². The fraction of sp³-hybridized carbons (Fsp3) is 1.00. The van der Waals surface area contributed by atoms with Crippen LogP contribution in [0.4, 0.5) is 0 Å². The number of hydrogen-bond donors (Lipinski definition) is 1. The Bertz CT molecular complexity index is 415. The first-order valence-electron chi connectivity index (χ1n) is 12.1. The summed E-state index contributed by atoms with van der Waals surface area (Å²) in [6.07, 6.45) is 22.1. The largest absolute Gasteiger partial charge is 1.00 e. The first kappa shape index (κ1) is 32.1. The molecule has 0 aromatic heterocycles. The van der Waals surface area contributed by atoms with Gasteiger partial charge in [-0.05, 0) is 19.3 Å². The van der Waals surface area contributed by atoms with E-state index in [2.05, 4.69) is 6.92 Å². The molecule has 1 unspecified atom stereocenters. The van der Waals surface area contributed by atoms with Crippen LogP contribution in [-0.2, 0) is 10.1 Å². The normalized spacial score (nSPS) is 12.7. The molecule has 0 amide bonds. The van der Waals surface area contributed by atoms with Gasteiger partial charge in [-0.2, -0.15) is 0 Å². The quantitative estimate of drug-likeness (QED) is 0.157. The SMILES string of the molecule is CCCCCCC(CCCCCCCCCCCCCCCCO)S(=O)(=O)[O-].[Na+]. The topological polar surface area (TPSA) is 77.4 Å². The predicted octanol–water partition coefficient (Wildman–Crippen LogP) is 3.72. The van der Waals surface area contributed by atoms with Crippen LogP contribution in [0.25, 0.3) is 0 Å². The number of hydrogen-bond acceptors (Lipinski definition) is 4. The Labute approximate surface area is 204 Å². The van der Waals surface area contributed by atoms with Crippen LogP contribution >= 0.6 is 0 Å². The molecule has 0 heterocycles. The van der Waals surface area contributed by atoms with Gasteiger partial charge in [0.2, 0.25) is 0 Å². The third kappa shape index (κ3) is 23.4. The smallest absolute Gasteiger partial charge is 0.748 e. The number of aliphatic hydroxyl groups is 1. The Morgan fingerprint density at radius 2 is 0.931 bits per heavy atom. The van der Waals surface area contributed by atoms with Crippen molar-refractivity contribution in [2.45, 2.75) is 141 Å². The van der Waals surface area contributed by atoms with Gasteiger partial charge >= 0.3 is 29.6 Å². The minimum Gasteiger partial charge on any atom is -0.748 e. The maximum Gasteiger partial charge on any atom is 1.00 e. The maximum atomic E-state index is 11.4. The summed E-state index contributed by atoms with van der Waals surface area (Å²) in [5, 5.41) is 8.07. The van der Waals surface area contributed by atoms with Gasteiger partial charge < -0.3 is 9.66 Å². The maximum absolute atomic E-state index is 11.4. The van der Waals surface area contributed by atoms with Crippen LogP contribution in [0.15, 0.2) is 0 Å². The molecule has 0 spiro atoms. The van der Waals surface area contributed by atoms with E-state index in [1.165, 1.54) is 57.8 Å². The first-order chi connectivity index (χ1) is 13.5. The number of rotatable bonds is 22. The Morgan fingerprint density at radius 3 is 1.24 bits per heavy atom. The molecular formula is C23H47NaO4S. The molecule has 0 fully saturated rings. The third-order valence-electron chi connectivity index (χ3n) is 5.72. The van der Waals surface area contributed by atoms with E-state index in [0.29, 0.717) is 19.4 Å². The zero-order chi connectivity index (χ0) is 20.9. The molecule has 0 bridgehead atoms. The zero-order valence-electron chi connectivity index (χ0n) is 19.5. The fourth-order valence-electron chi connectivity index (χ4n) is 3.84. The molecule has 0 saturated carbocycles. The van der Waals surface area contributed by atoms with E-state index in [0.717, 1.165) is 57.8 Å². The van der Waals surface area contributed by atoms with E-state index >= 15 is 0 Å². The van der Waals surface area contributed by atoms with Crippen molar-refractivity contribution in [2.24, 2.45) is 0 Å². The van der Waals surface area contributed by atoms with Gasteiger partial charge in [-0.25, -0.2) is 8.42 Å². The molecule has 4 nitrogen and oxygen atoms in total. The van der Waals surface area contributed by atoms with Crippen molar-refractivity contribution in [3.8, 4) is 0 Å². The molecule has 0 aliphatic carbocycles. The Kier molecular flexibility index (Phi) is 26.0. The summed E-state index contributed by atoms with van der Waals surface area (Å²) in [6, 6.07) is 0. The molecule has 0 saturated heterocycles. The van der Waals surface area contributed by atoms with Gasteiger partial charge in [0, 0.05) is 11.9 Å². The van der Waals surface area contributed by atoms with Crippen LogP contribution in [-0.4, -0.2) is 29.9 Å². The number of unbranched alkanes of at least 4 members (excludes halogenated alkanes) is 16. The van der Waals surface area contributed by atoms with Crippen LogP contribution in [0.2, 0.25) is 0 Å². The van der Waals surface area contributed by atoms with Crippen molar-refractivity contribution >= 4 is 10.1 Å². The fourth-order valence-corrected chi connectivity index (χ4v) is 4.75. The molecule has 0 aliphatic rings. The van der Waals surface area contributed by atoms with Crippen LogP contribution in [0.5, 0.6) is 0 Å². The van der Waals surface area contributed by atoms with E-state index in [4.69, 9.17) is 5.11 Å². The van der Waals surface area contributed by atoms with Crippen molar-refractivity contribution < 1.29 is 47.6 Å². The molecule has 1 atom stereocenters. The van der Waals surface area contributed by atoms with Gasteiger partial charge in [0.15, 0.2) is 0 Å². The first-order valence-corrected chi connectivity index (χ1v) is 13.5. The Morgan fingerprint density at radius 1 is 0.621 bits per heavy atom. The summed E-state index contributed by atoms with van der Waals surface area (Å²) in [4.78, 5) is 0. The predicted molar refractivity (Wildman–Crippen MR) is 119 cm³/mol. The molecule has 1 N–H and O–H groups in total. The molecule has 0 aromatic rings. The van der Waals surface area contributed by atoms with E-state index < -0.39 is 15.4 Å². The van der Waals surface area contributed by atoms with Gasteiger partial charge in [-0.15, -0.1) is 0 Å². The van der Waals surface area contributed by atoms with Crippen molar-refractivity contribution in [1.82, 2.24) is 0 Å². The van der Waals surface area contributed by atoms with Gasteiger partial charge in [0.05, 0.1) is 10.1 Å². The molecule has 0 radical (unpaired) electrons. The second kappa shape index (κ2) is 23.5. The summed E-state index contributed by atoms with van der Waals surface area (Å²) < 4.78 is 34.2. The summed E-state index contributed by atoms with van der Waals surface area (Å²) in [7, 11) is -4.13. The molecule has 0 rings (SSSR count). The van der Waals surface area contributed by atoms with Crippen molar-refractivity contribution in [3.05, 3.63) is 0 Å². The number of aliphatic hydroxyl groups excluding tert-OH is 1. The van der Waals surface area contributed by atoms with Gasteiger partial charge in [-0.1, -0.05) is 116 Å². The van der Waals surface area contributed by atoms with Gasteiger partial charge in [-0.3, -0.25) is 0 Å². The van der Waals surface area contributed by atoms with E-state index in [9.17, 15) is 13.0 Å². The molecule has 170 valence electrons. The second-order valence-corrected chi connectivity index (χ2v) is 10.1. The van der Waals surface area contributed by atoms with Crippen molar-refractivity contribution in [2.75, 3.05) is 6.61 Å². The van der Waals surface area contributed by atoms with Gasteiger partial charge in [0.1, 0.15) is 0 Å². The molecule has 29 heavy (non-hydrogen) atoms. The van der Waals surface area contributed by atoms with Crippen molar-refractivity contribution in [1.29, 1.82) is 0 Å². The monoisotopic (exact) mass is 442 g/mol. The van der Waals surface area contributed by atoms with Gasteiger partial charge in [0.25, 0.3) is 0 Å². The summed E-state index contributed by atoms with van der Waals surface area (Å²) in [6.45, 7) is 2.46. The summed E-state index contributed by atoms with van der Waals surface area (Å²) in [5.74, 6) is 0. The van der Waals surface area contributed by atoms with Crippen LogP contribution in [0.1, 0.15) is 135 Å². The minimum atomic E-state index is -4.13. The molecule has 0 aromatic carbocycles. The Balaban J connectivity index is 0. The van der Waals surface area contributed by atoms with E-state index in [1.807, 2.05) is 0 Å².